The third-order valence-electron chi connectivity index (χ3n) is 3.51. The fraction of sp³-hybridized carbons (Fsp3) is 0.125. The van der Waals surface area contributed by atoms with Crippen molar-refractivity contribution in [2.24, 2.45) is 0 Å². The highest BCUT2D eigenvalue weighted by Gasteiger charge is 2.08. The van der Waals surface area contributed by atoms with Gasteiger partial charge in [0.1, 0.15) is 8.07 Å². The summed E-state index contributed by atoms with van der Waals surface area (Å²) in [4.78, 5) is 13.5. The van der Waals surface area contributed by atoms with Crippen LogP contribution in [-0.2, 0) is 0 Å². The molecule has 0 atom stereocenters. The van der Waals surface area contributed by atoms with E-state index < -0.39 is 8.07 Å². The van der Waals surface area contributed by atoms with Crippen molar-refractivity contribution in [2.75, 3.05) is 0 Å². The van der Waals surface area contributed by atoms with E-state index in [0.717, 1.165) is 28.3 Å². The Balaban J connectivity index is 1.98. The summed E-state index contributed by atoms with van der Waals surface area (Å²) in [6.07, 6.45) is 3.50. The average molecular weight is 378 g/mol. The summed E-state index contributed by atoms with van der Waals surface area (Å²) < 4.78 is 0. The van der Waals surface area contributed by atoms with Crippen molar-refractivity contribution in [3.63, 3.8) is 0 Å². The fourth-order valence-corrected chi connectivity index (χ4v) is 2.72. The Kier molecular flexibility index (Phi) is 6.03. The normalized spacial score (nSPS) is 9.82. The average Bonchev–Trinajstić information content (AvgIpc) is 2.71. The molecule has 0 saturated carbocycles. The van der Waals surface area contributed by atoms with Gasteiger partial charge in [-0.05, 0) is 60.1 Å². The molecule has 0 bridgehead atoms. The molecule has 0 unspecified atom stereocenters. The van der Waals surface area contributed by atoms with Crippen molar-refractivity contribution in [1.29, 1.82) is 0 Å². The van der Waals surface area contributed by atoms with E-state index in [9.17, 15) is 0 Å². The second kappa shape index (κ2) is 8.83. The van der Waals surface area contributed by atoms with Crippen LogP contribution in [0.4, 0.5) is 0 Å². The van der Waals surface area contributed by atoms with Gasteiger partial charge in [0.25, 0.3) is 0 Å². The molecule has 0 amide bonds. The van der Waals surface area contributed by atoms with E-state index >= 15 is 0 Å². The number of nitrogens with zero attached hydrogens (tertiary/aromatic N) is 3. The third-order valence-corrected chi connectivity index (χ3v) is 4.39. The lowest BCUT2D eigenvalue weighted by Gasteiger charge is -2.05. The first-order valence-corrected chi connectivity index (χ1v) is 12.4. The molecule has 134 valence electrons. The SMILES string of the molecule is C[Si](C)(C)C#CC#CC#Cc1cc(-c2ccccn2)nc(-c2ccccn2)c1. The minimum absolute atomic E-state index is 0.750. The van der Waals surface area contributed by atoms with Crippen molar-refractivity contribution in [2.45, 2.75) is 19.6 Å². The summed E-state index contributed by atoms with van der Waals surface area (Å²) in [6, 6.07) is 15.3. The Morgan fingerprint density at radius 3 is 1.75 bits per heavy atom. The van der Waals surface area contributed by atoms with Crippen LogP contribution in [0.3, 0.4) is 0 Å². The number of aromatic nitrogens is 3. The monoisotopic (exact) mass is 377 g/mol. The second-order valence-electron chi connectivity index (χ2n) is 7.06. The van der Waals surface area contributed by atoms with Crippen LogP contribution in [0.25, 0.3) is 22.8 Å². The number of hydrogen-bond donors (Lipinski definition) is 0. The van der Waals surface area contributed by atoms with Crippen LogP contribution in [0.15, 0.2) is 60.9 Å². The van der Waals surface area contributed by atoms with Gasteiger partial charge in [-0.3, -0.25) is 9.97 Å². The zero-order valence-corrected chi connectivity index (χ0v) is 17.1. The number of hydrogen-bond acceptors (Lipinski definition) is 3. The maximum absolute atomic E-state index is 4.71. The van der Waals surface area contributed by atoms with Gasteiger partial charge < -0.3 is 0 Å². The van der Waals surface area contributed by atoms with Crippen molar-refractivity contribution < 1.29 is 0 Å². The van der Waals surface area contributed by atoms with E-state index in [4.69, 9.17) is 4.98 Å². The standard InChI is InChI=1S/C24H19N3Si/c1-28(2,3)17-11-5-4-6-12-20-18-23(21-13-7-9-15-25-21)27-24(19-20)22-14-8-10-16-26-22/h7-10,13-16,18-19H,1-3H3. The van der Waals surface area contributed by atoms with Gasteiger partial charge in [-0.2, -0.15) is 0 Å². The lowest BCUT2D eigenvalue weighted by Crippen LogP contribution is -2.16. The minimum atomic E-state index is -1.41. The summed E-state index contributed by atoms with van der Waals surface area (Å²) in [5.74, 6) is 14.5. The van der Waals surface area contributed by atoms with Gasteiger partial charge in [-0.15, -0.1) is 5.54 Å². The van der Waals surface area contributed by atoms with Crippen LogP contribution in [0.2, 0.25) is 19.6 Å². The Labute approximate surface area is 167 Å². The smallest absolute Gasteiger partial charge is 0.130 e. The molecule has 0 aromatic carbocycles. The molecule has 0 aliphatic heterocycles. The van der Waals surface area contributed by atoms with E-state index in [1.54, 1.807) is 12.4 Å². The first-order valence-electron chi connectivity index (χ1n) is 8.89. The zero-order chi connectivity index (χ0) is 19.8. The molecule has 0 N–H and O–H groups in total. The van der Waals surface area contributed by atoms with E-state index in [1.807, 2.05) is 48.5 Å². The van der Waals surface area contributed by atoms with Crippen LogP contribution in [0, 0.1) is 35.1 Å². The highest BCUT2D eigenvalue weighted by atomic mass is 28.3. The van der Waals surface area contributed by atoms with Gasteiger partial charge in [-0.1, -0.05) is 37.7 Å². The largest absolute Gasteiger partial charge is 0.255 e. The van der Waals surface area contributed by atoms with E-state index in [1.165, 1.54) is 0 Å². The molecule has 3 aromatic heterocycles. The van der Waals surface area contributed by atoms with Gasteiger partial charge in [0.05, 0.1) is 22.8 Å². The molecule has 0 saturated heterocycles. The zero-order valence-electron chi connectivity index (χ0n) is 16.1. The molecule has 3 aromatic rings. The topological polar surface area (TPSA) is 38.7 Å². The molecule has 0 spiro atoms. The summed E-state index contributed by atoms with van der Waals surface area (Å²) in [7, 11) is -1.41. The van der Waals surface area contributed by atoms with Crippen LogP contribution in [0.5, 0.6) is 0 Å². The lowest BCUT2D eigenvalue weighted by molar-refractivity contribution is 1.21. The Bertz CT molecular complexity index is 1090. The molecule has 4 heteroatoms. The molecule has 3 nitrogen and oxygen atoms in total. The summed E-state index contributed by atoms with van der Waals surface area (Å²) in [5.41, 5.74) is 7.09. The van der Waals surface area contributed by atoms with Gasteiger partial charge in [0, 0.05) is 18.0 Å². The Hall–Kier alpha value is -3.65. The summed E-state index contributed by atoms with van der Waals surface area (Å²) >= 11 is 0. The maximum Gasteiger partial charge on any atom is 0.130 e. The quantitative estimate of drug-likeness (QED) is 0.489. The highest BCUT2D eigenvalue weighted by Crippen LogP contribution is 2.22. The van der Waals surface area contributed by atoms with Crippen LogP contribution >= 0.6 is 0 Å². The van der Waals surface area contributed by atoms with Crippen LogP contribution < -0.4 is 0 Å². The highest BCUT2D eigenvalue weighted by molar-refractivity contribution is 6.83. The molecular weight excluding hydrogens is 358 g/mol. The second-order valence-corrected chi connectivity index (χ2v) is 11.8. The van der Waals surface area contributed by atoms with Gasteiger partial charge >= 0.3 is 0 Å². The van der Waals surface area contributed by atoms with Crippen molar-refractivity contribution in [1.82, 2.24) is 15.0 Å². The Morgan fingerprint density at radius 2 is 1.25 bits per heavy atom. The van der Waals surface area contributed by atoms with Gasteiger partial charge in [-0.25, -0.2) is 4.98 Å². The molecule has 3 rings (SSSR count). The summed E-state index contributed by atoms with van der Waals surface area (Å²) in [6.45, 7) is 6.55. The number of rotatable bonds is 2. The van der Waals surface area contributed by atoms with Gasteiger partial charge in [0.15, 0.2) is 0 Å². The van der Waals surface area contributed by atoms with E-state index in [2.05, 4.69) is 64.8 Å². The fourth-order valence-electron chi connectivity index (χ4n) is 2.28. The molecule has 3 heterocycles. The molecule has 0 aliphatic rings. The Morgan fingerprint density at radius 1 is 0.679 bits per heavy atom. The van der Waals surface area contributed by atoms with Crippen molar-refractivity contribution in [3.05, 3.63) is 66.5 Å². The maximum atomic E-state index is 4.71. The minimum Gasteiger partial charge on any atom is -0.255 e. The van der Waals surface area contributed by atoms with Crippen molar-refractivity contribution in [3.8, 4) is 57.9 Å². The van der Waals surface area contributed by atoms with E-state index in [-0.39, 0.29) is 0 Å². The molecule has 0 aliphatic carbocycles. The van der Waals surface area contributed by atoms with Crippen LogP contribution in [0.1, 0.15) is 5.56 Å². The van der Waals surface area contributed by atoms with Gasteiger partial charge in [0.2, 0.25) is 0 Å². The molecular formula is C24H19N3Si. The predicted octanol–water partition coefficient (Wildman–Crippen LogP) is 4.44. The predicted molar refractivity (Wildman–Crippen MR) is 116 cm³/mol. The first-order chi connectivity index (χ1) is 13.5. The third kappa shape index (κ3) is 5.68. The summed E-state index contributed by atoms with van der Waals surface area (Å²) in [5, 5.41) is 0. The number of pyridine rings is 3. The molecule has 0 radical (unpaired) electrons. The first kappa shape index (κ1) is 19.1. The van der Waals surface area contributed by atoms with Crippen molar-refractivity contribution >= 4 is 8.07 Å². The lowest BCUT2D eigenvalue weighted by atomic mass is 10.1. The van der Waals surface area contributed by atoms with Crippen LogP contribution in [-0.4, -0.2) is 23.0 Å². The molecule has 28 heavy (non-hydrogen) atoms. The molecule has 0 fully saturated rings. The van der Waals surface area contributed by atoms with E-state index in [0.29, 0.717) is 0 Å².